The number of halogens is 1. The summed E-state index contributed by atoms with van der Waals surface area (Å²) in [6.45, 7) is 0. The van der Waals surface area contributed by atoms with Crippen LogP contribution in [0.5, 0.6) is 0 Å². The minimum Gasteiger partial charge on any atom is -0.376 e. The molecule has 0 saturated heterocycles. The molecule has 1 atom stereocenters. The van der Waals surface area contributed by atoms with Crippen LogP contribution in [0.3, 0.4) is 0 Å². The third kappa shape index (κ3) is 2.91. The summed E-state index contributed by atoms with van der Waals surface area (Å²) in [5.41, 5.74) is 0. The van der Waals surface area contributed by atoms with E-state index < -0.39 is 16.3 Å². The van der Waals surface area contributed by atoms with Crippen molar-refractivity contribution >= 4 is 21.6 Å². The highest BCUT2D eigenvalue weighted by Gasteiger charge is 2.18. The van der Waals surface area contributed by atoms with E-state index in [4.69, 9.17) is 16.7 Å². The molecule has 0 aliphatic rings. The summed E-state index contributed by atoms with van der Waals surface area (Å²) in [5.74, 6) is -0.216. The second-order valence-electron chi connectivity index (χ2n) is 2.46. The van der Waals surface area contributed by atoms with Gasteiger partial charge in [-0.3, -0.25) is 0 Å². The lowest BCUT2D eigenvalue weighted by Crippen LogP contribution is -2.36. The Bertz CT molecular complexity index is 381. The van der Waals surface area contributed by atoms with Crippen LogP contribution in [0.25, 0.3) is 0 Å². The fraction of sp³-hybridized carbons (Fsp3) is 0.286. The highest BCUT2D eigenvalue weighted by molar-refractivity contribution is 7.89. The van der Waals surface area contributed by atoms with Gasteiger partial charge in [0.25, 0.3) is 10.0 Å². The molecule has 78 valence electrons. The second kappa shape index (κ2) is 4.70. The topological polar surface area (TPSA) is 79.3 Å². The van der Waals surface area contributed by atoms with Gasteiger partial charge in [0.2, 0.25) is 0 Å². The molecule has 1 aromatic rings. The van der Waals surface area contributed by atoms with Crippen molar-refractivity contribution in [2.24, 2.45) is 0 Å². The smallest absolute Gasteiger partial charge is 0.260 e. The summed E-state index contributed by atoms with van der Waals surface area (Å²) < 4.78 is 24.8. The molecule has 14 heavy (non-hydrogen) atoms. The van der Waals surface area contributed by atoms with Crippen molar-refractivity contribution in [3.05, 3.63) is 24.4 Å². The van der Waals surface area contributed by atoms with E-state index >= 15 is 0 Å². The predicted octanol–water partition coefficient (Wildman–Crippen LogP) is -0.0829. The van der Waals surface area contributed by atoms with Gasteiger partial charge in [-0.2, -0.15) is 4.72 Å². The first-order chi connectivity index (χ1) is 6.56. The van der Waals surface area contributed by atoms with E-state index in [0.29, 0.717) is 0 Å². The Morgan fingerprint density at radius 1 is 1.57 bits per heavy atom. The average Bonchev–Trinajstić information content (AvgIpc) is 2.18. The number of nitrogens with zero attached hydrogens (tertiary/aromatic N) is 1. The fourth-order valence-electron chi connectivity index (χ4n) is 0.777. The van der Waals surface area contributed by atoms with Crippen LogP contribution in [0.2, 0.25) is 0 Å². The first kappa shape index (κ1) is 11.4. The Morgan fingerprint density at radius 2 is 2.29 bits per heavy atom. The molecule has 1 heterocycles. The van der Waals surface area contributed by atoms with E-state index in [1.807, 2.05) is 4.72 Å². The van der Waals surface area contributed by atoms with Crippen LogP contribution in [0.15, 0.2) is 29.4 Å². The van der Waals surface area contributed by atoms with Gasteiger partial charge in [-0.15, -0.1) is 11.6 Å². The third-order valence-electron chi connectivity index (χ3n) is 1.35. The number of aliphatic hydroxyl groups is 1. The maximum Gasteiger partial charge on any atom is 0.260 e. The van der Waals surface area contributed by atoms with Crippen molar-refractivity contribution in [2.45, 2.75) is 11.3 Å². The molecule has 0 fully saturated rings. The molecule has 7 heteroatoms. The van der Waals surface area contributed by atoms with E-state index in [2.05, 4.69) is 4.98 Å². The molecule has 1 rings (SSSR count). The van der Waals surface area contributed by atoms with Gasteiger partial charge in [0.15, 0.2) is 5.03 Å². The van der Waals surface area contributed by atoms with E-state index in [0.717, 1.165) is 0 Å². The maximum absolute atomic E-state index is 11.4. The SMILES string of the molecule is O=S(=O)(NC(O)CCl)c1ccccn1. The first-order valence-corrected chi connectivity index (χ1v) is 5.75. The zero-order valence-corrected chi connectivity index (χ0v) is 8.66. The summed E-state index contributed by atoms with van der Waals surface area (Å²) in [6.07, 6.45) is 0.0467. The van der Waals surface area contributed by atoms with Crippen molar-refractivity contribution in [3.63, 3.8) is 0 Å². The van der Waals surface area contributed by atoms with Gasteiger partial charge in [-0.25, -0.2) is 13.4 Å². The number of nitrogens with one attached hydrogen (secondary N) is 1. The molecule has 0 aliphatic carbocycles. The number of pyridine rings is 1. The van der Waals surface area contributed by atoms with Crippen LogP contribution in [0, 0.1) is 0 Å². The van der Waals surface area contributed by atoms with Crippen molar-refractivity contribution < 1.29 is 13.5 Å². The number of sulfonamides is 1. The van der Waals surface area contributed by atoms with Gasteiger partial charge >= 0.3 is 0 Å². The number of alkyl halides is 1. The van der Waals surface area contributed by atoms with Crippen molar-refractivity contribution in [2.75, 3.05) is 5.88 Å². The number of hydrogen-bond acceptors (Lipinski definition) is 4. The molecule has 0 amide bonds. The largest absolute Gasteiger partial charge is 0.376 e. The zero-order valence-electron chi connectivity index (χ0n) is 7.09. The number of aliphatic hydroxyl groups excluding tert-OH is 1. The van der Waals surface area contributed by atoms with E-state index in [1.165, 1.54) is 18.3 Å². The average molecular weight is 237 g/mol. The molecular formula is C7H9ClN2O3S. The Morgan fingerprint density at radius 3 is 2.79 bits per heavy atom. The second-order valence-corrected chi connectivity index (χ2v) is 4.43. The van der Waals surface area contributed by atoms with E-state index in [9.17, 15) is 8.42 Å². The Hall–Kier alpha value is -0.690. The van der Waals surface area contributed by atoms with Crippen LogP contribution >= 0.6 is 11.6 Å². The van der Waals surface area contributed by atoms with Crippen LogP contribution in [0.1, 0.15) is 0 Å². The van der Waals surface area contributed by atoms with E-state index in [1.54, 1.807) is 6.07 Å². The van der Waals surface area contributed by atoms with Gasteiger partial charge in [-0.05, 0) is 12.1 Å². The van der Waals surface area contributed by atoms with Crippen LogP contribution in [0.4, 0.5) is 0 Å². The lowest BCUT2D eigenvalue weighted by atomic mass is 10.5. The molecule has 0 aliphatic heterocycles. The minimum absolute atomic E-state index is 0.149. The predicted molar refractivity (Wildman–Crippen MR) is 51.3 cm³/mol. The van der Waals surface area contributed by atoms with Crippen molar-refractivity contribution in [1.82, 2.24) is 9.71 Å². The summed E-state index contributed by atoms with van der Waals surface area (Å²) in [7, 11) is -3.77. The number of hydrogen-bond donors (Lipinski definition) is 2. The summed E-state index contributed by atoms with van der Waals surface area (Å²) >= 11 is 5.25. The van der Waals surface area contributed by atoms with E-state index in [-0.39, 0.29) is 10.9 Å². The zero-order chi connectivity index (χ0) is 10.6. The third-order valence-corrected chi connectivity index (χ3v) is 3.02. The molecular weight excluding hydrogens is 228 g/mol. The molecule has 0 spiro atoms. The van der Waals surface area contributed by atoms with Crippen LogP contribution in [-0.2, 0) is 10.0 Å². The Labute approximate surface area is 86.8 Å². The Balaban J connectivity index is 2.87. The van der Waals surface area contributed by atoms with Gasteiger partial charge in [0, 0.05) is 6.20 Å². The summed E-state index contributed by atoms with van der Waals surface area (Å²) in [6, 6.07) is 4.45. The van der Waals surface area contributed by atoms with Gasteiger partial charge in [0.1, 0.15) is 6.23 Å². The van der Waals surface area contributed by atoms with Gasteiger partial charge < -0.3 is 5.11 Å². The molecule has 0 saturated carbocycles. The van der Waals surface area contributed by atoms with Crippen molar-refractivity contribution in [3.8, 4) is 0 Å². The first-order valence-electron chi connectivity index (χ1n) is 3.73. The minimum atomic E-state index is -3.77. The molecule has 1 aromatic heterocycles. The van der Waals surface area contributed by atoms with Gasteiger partial charge in [0.05, 0.1) is 5.88 Å². The standard InChI is InChI=1S/C7H9ClN2O3S/c8-5-6(11)10-14(12,13)7-3-1-2-4-9-7/h1-4,6,10-11H,5H2. The highest BCUT2D eigenvalue weighted by atomic mass is 35.5. The number of rotatable bonds is 4. The van der Waals surface area contributed by atoms with Gasteiger partial charge in [-0.1, -0.05) is 6.07 Å². The molecule has 2 N–H and O–H groups in total. The lowest BCUT2D eigenvalue weighted by Gasteiger charge is -2.09. The van der Waals surface area contributed by atoms with Crippen molar-refractivity contribution in [1.29, 1.82) is 0 Å². The maximum atomic E-state index is 11.4. The fourth-order valence-corrected chi connectivity index (χ4v) is 1.97. The quantitative estimate of drug-likeness (QED) is 0.566. The van der Waals surface area contributed by atoms with Crippen LogP contribution in [-0.4, -0.2) is 30.6 Å². The summed E-state index contributed by atoms with van der Waals surface area (Å²) in [4.78, 5) is 3.63. The normalized spacial score (nSPS) is 13.9. The molecule has 0 radical (unpaired) electrons. The van der Waals surface area contributed by atoms with Crippen LogP contribution < -0.4 is 4.72 Å². The molecule has 5 nitrogen and oxygen atoms in total. The molecule has 1 unspecified atom stereocenters. The lowest BCUT2D eigenvalue weighted by molar-refractivity contribution is 0.187. The number of aromatic nitrogens is 1. The molecule has 0 aromatic carbocycles. The molecule has 0 bridgehead atoms. The summed E-state index contributed by atoms with van der Waals surface area (Å²) in [5, 5.41) is 8.86. The monoisotopic (exact) mass is 236 g/mol. The highest BCUT2D eigenvalue weighted by Crippen LogP contribution is 2.03. The Kier molecular flexibility index (Phi) is 3.82.